The van der Waals surface area contributed by atoms with Crippen LogP contribution in [0.15, 0.2) is 18.3 Å². The molecule has 2 heterocycles. The smallest absolute Gasteiger partial charge is 0.231 e. The minimum absolute atomic E-state index is 0.0356. The number of hydrogen-bond donors (Lipinski definition) is 2. The summed E-state index contributed by atoms with van der Waals surface area (Å²) in [7, 11) is 0. The number of amides is 1. The van der Waals surface area contributed by atoms with Gasteiger partial charge in [-0.05, 0) is 25.0 Å². The van der Waals surface area contributed by atoms with Gasteiger partial charge in [-0.25, -0.2) is 4.98 Å². The summed E-state index contributed by atoms with van der Waals surface area (Å²) in [4.78, 5) is 19.2. The van der Waals surface area contributed by atoms with Gasteiger partial charge in [-0.1, -0.05) is 12.8 Å². The molecule has 2 aliphatic rings. The van der Waals surface area contributed by atoms with Gasteiger partial charge >= 0.3 is 0 Å². The Kier molecular flexibility index (Phi) is 4.59. The maximum atomic E-state index is 12.5. The molecule has 1 aromatic heterocycles. The molecule has 1 saturated heterocycles. The molecule has 120 valence electrons. The van der Waals surface area contributed by atoms with Crippen LogP contribution in [0.5, 0.6) is 0 Å². The summed E-state index contributed by atoms with van der Waals surface area (Å²) < 4.78 is 5.34. The topological polar surface area (TPSA) is 80.5 Å². The highest BCUT2D eigenvalue weighted by molar-refractivity contribution is 5.95. The van der Waals surface area contributed by atoms with Gasteiger partial charge in [0.25, 0.3) is 0 Å². The molecule has 2 fully saturated rings. The first-order valence-corrected chi connectivity index (χ1v) is 8.04. The summed E-state index contributed by atoms with van der Waals surface area (Å²) in [5, 5.41) is 2.98. The molecule has 3 N–H and O–H groups in total. The van der Waals surface area contributed by atoms with Crippen LogP contribution in [0.3, 0.4) is 0 Å². The predicted molar refractivity (Wildman–Crippen MR) is 85.9 cm³/mol. The number of rotatable bonds is 4. The number of morpholine rings is 1. The number of pyridine rings is 1. The second-order valence-electron chi connectivity index (χ2n) is 6.15. The number of nitrogens with two attached hydrogens (primary N) is 1. The van der Waals surface area contributed by atoms with Crippen LogP contribution in [0.2, 0.25) is 0 Å². The van der Waals surface area contributed by atoms with E-state index >= 15 is 0 Å². The van der Waals surface area contributed by atoms with E-state index < -0.39 is 0 Å². The molecule has 1 amide bonds. The van der Waals surface area contributed by atoms with Crippen LogP contribution in [0.4, 0.5) is 11.5 Å². The van der Waals surface area contributed by atoms with Crippen molar-refractivity contribution < 1.29 is 9.53 Å². The molecule has 6 nitrogen and oxygen atoms in total. The Morgan fingerprint density at radius 2 is 2.05 bits per heavy atom. The van der Waals surface area contributed by atoms with E-state index in [-0.39, 0.29) is 11.3 Å². The minimum atomic E-state index is -0.386. The van der Waals surface area contributed by atoms with E-state index in [9.17, 15) is 4.79 Å². The number of carbonyl (C=O) groups is 1. The van der Waals surface area contributed by atoms with E-state index in [4.69, 9.17) is 10.5 Å². The van der Waals surface area contributed by atoms with Gasteiger partial charge < -0.3 is 20.7 Å². The molecule has 0 unspecified atom stereocenters. The molecule has 0 spiro atoms. The lowest BCUT2D eigenvalue weighted by Crippen LogP contribution is -2.40. The summed E-state index contributed by atoms with van der Waals surface area (Å²) in [6.07, 6.45) is 5.66. The zero-order chi connectivity index (χ0) is 15.4. The first-order valence-electron chi connectivity index (χ1n) is 8.04. The van der Waals surface area contributed by atoms with Crippen LogP contribution < -0.4 is 16.0 Å². The highest BCUT2D eigenvalue weighted by atomic mass is 16.5. The van der Waals surface area contributed by atoms with Gasteiger partial charge in [0, 0.05) is 19.6 Å². The van der Waals surface area contributed by atoms with Crippen molar-refractivity contribution in [1.29, 1.82) is 0 Å². The lowest BCUT2D eigenvalue weighted by molar-refractivity contribution is -0.124. The molecule has 0 radical (unpaired) electrons. The van der Waals surface area contributed by atoms with Gasteiger partial charge in [-0.15, -0.1) is 0 Å². The second kappa shape index (κ2) is 6.62. The Labute approximate surface area is 131 Å². The molecule has 1 aromatic rings. The van der Waals surface area contributed by atoms with Gasteiger partial charge in [0.15, 0.2) is 0 Å². The molecule has 6 heteroatoms. The number of ether oxygens (including phenoxy) is 1. The van der Waals surface area contributed by atoms with Crippen molar-refractivity contribution in [3.63, 3.8) is 0 Å². The molecular weight excluding hydrogens is 280 g/mol. The van der Waals surface area contributed by atoms with E-state index in [2.05, 4.69) is 15.2 Å². The summed E-state index contributed by atoms with van der Waals surface area (Å²) in [5.74, 6) is 0.962. The zero-order valence-corrected chi connectivity index (χ0v) is 12.9. The maximum Gasteiger partial charge on any atom is 0.231 e. The van der Waals surface area contributed by atoms with Crippen molar-refractivity contribution in [2.45, 2.75) is 25.7 Å². The monoisotopic (exact) mass is 304 g/mol. The third-order valence-corrected chi connectivity index (χ3v) is 4.77. The van der Waals surface area contributed by atoms with Crippen LogP contribution in [-0.4, -0.2) is 43.7 Å². The SMILES string of the molecule is NCC1(C(=O)Nc2ccc(N3CCOCC3)nc2)CCCC1. The number of hydrogen-bond acceptors (Lipinski definition) is 5. The average molecular weight is 304 g/mol. The van der Waals surface area contributed by atoms with E-state index in [1.54, 1.807) is 6.20 Å². The van der Waals surface area contributed by atoms with Crippen molar-refractivity contribution in [3.8, 4) is 0 Å². The number of aromatic nitrogens is 1. The summed E-state index contributed by atoms with van der Waals surface area (Å²) in [5.41, 5.74) is 6.20. The van der Waals surface area contributed by atoms with Crippen molar-refractivity contribution in [3.05, 3.63) is 18.3 Å². The normalized spacial score (nSPS) is 20.9. The van der Waals surface area contributed by atoms with Crippen LogP contribution in [0.25, 0.3) is 0 Å². The fraction of sp³-hybridized carbons (Fsp3) is 0.625. The molecule has 1 aliphatic carbocycles. The van der Waals surface area contributed by atoms with Gasteiger partial charge in [-0.3, -0.25) is 4.79 Å². The average Bonchev–Trinajstić information content (AvgIpc) is 3.07. The third kappa shape index (κ3) is 3.08. The summed E-state index contributed by atoms with van der Waals surface area (Å²) in [6, 6.07) is 3.86. The Bertz CT molecular complexity index is 505. The lowest BCUT2D eigenvalue weighted by Gasteiger charge is -2.28. The Morgan fingerprint density at radius 3 is 2.64 bits per heavy atom. The second-order valence-corrected chi connectivity index (χ2v) is 6.15. The fourth-order valence-electron chi connectivity index (χ4n) is 3.28. The Balaban J connectivity index is 1.64. The van der Waals surface area contributed by atoms with Gasteiger partial charge in [-0.2, -0.15) is 0 Å². The van der Waals surface area contributed by atoms with Gasteiger partial charge in [0.05, 0.1) is 30.5 Å². The molecule has 3 rings (SSSR count). The number of carbonyl (C=O) groups excluding carboxylic acids is 1. The fourth-order valence-corrected chi connectivity index (χ4v) is 3.28. The van der Waals surface area contributed by atoms with E-state index in [0.29, 0.717) is 6.54 Å². The van der Waals surface area contributed by atoms with Crippen molar-refractivity contribution >= 4 is 17.4 Å². The van der Waals surface area contributed by atoms with E-state index in [0.717, 1.165) is 63.5 Å². The van der Waals surface area contributed by atoms with E-state index in [1.807, 2.05) is 12.1 Å². The molecule has 22 heavy (non-hydrogen) atoms. The Morgan fingerprint density at radius 1 is 1.32 bits per heavy atom. The third-order valence-electron chi connectivity index (χ3n) is 4.77. The van der Waals surface area contributed by atoms with Crippen LogP contribution in [0.1, 0.15) is 25.7 Å². The minimum Gasteiger partial charge on any atom is -0.378 e. The van der Waals surface area contributed by atoms with Crippen molar-refractivity contribution in [1.82, 2.24) is 4.98 Å². The van der Waals surface area contributed by atoms with Crippen molar-refractivity contribution in [2.24, 2.45) is 11.1 Å². The number of anilines is 2. The summed E-state index contributed by atoms with van der Waals surface area (Å²) >= 11 is 0. The highest BCUT2D eigenvalue weighted by Crippen LogP contribution is 2.38. The molecule has 1 saturated carbocycles. The molecule has 1 aliphatic heterocycles. The Hall–Kier alpha value is -1.66. The first-order chi connectivity index (χ1) is 10.7. The van der Waals surface area contributed by atoms with Gasteiger partial charge in [0.2, 0.25) is 5.91 Å². The van der Waals surface area contributed by atoms with Crippen molar-refractivity contribution in [2.75, 3.05) is 43.1 Å². The number of nitrogens with zero attached hydrogens (tertiary/aromatic N) is 2. The summed E-state index contributed by atoms with van der Waals surface area (Å²) in [6.45, 7) is 3.60. The standard InChI is InChI=1S/C16H24N4O2/c17-12-16(5-1-2-6-16)15(21)19-13-3-4-14(18-11-13)20-7-9-22-10-8-20/h3-4,11H,1-2,5-10,12,17H2,(H,19,21). The molecule has 0 bridgehead atoms. The quantitative estimate of drug-likeness (QED) is 0.878. The lowest BCUT2D eigenvalue weighted by atomic mass is 9.85. The van der Waals surface area contributed by atoms with Crippen LogP contribution >= 0.6 is 0 Å². The first kappa shape index (κ1) is 15.2. The van der Waals surface area contributed by atoms with Crippen LogP contribution in [-0.2, 0) is 9.53 Å². The maximum absolute atomic E-state index is 12.5. The predicted octanol–water partition coefficient (Wildman–Crippen LogP) is 1.38. The van der Waals surface area contributed by atoms with Crippen LogP contribution in [0, 0.1) is 5.41 Å². The zero-order valence-electron chi connectivity index (χ0n) is 12.9. The molecule has 0 aromatic carbocycles. The molecule has 0 atom stereocenters. The number of nitrogens with one attached hydrogen (secondary N) is 1. The largest absolute Gasteiger partial charge is 0.378 e. The highest BCUT2D eigenvalue weighted by Gasteiger charge is 2.39. The van der Waals surface area contributed by atoms with E-state index in [1.165, 1.54) is 0 Å². The molecular formula is C16H24N4O2. The van der Waals surface area contributed by atoms with Gasteiger partial charge in [0.1, 0.15) is 5.82 Å².